The van der Waals surface area contributed by atoms with Crippen LogP contribution in [-0.4, -0.2) is 28.0 Å². The van der Waals surface area contributed by atoms with Crippen LogP contribution in [0.4, 0.5) is 18.9 Å². The minimum Gasteiger partial charge on any atom is -0.406 e. The van der Waals surface area contributed by atoms with Gasteiger partial charge in [0.15, 0.2) is 0 Å². The maximum atomic E-state index is 12.1. The lowest BCUT2D eigenvalue weighted by atomic mass is 10.3. The molecule has 10 heteroatoms. The Morgan fingerprint density at radius 2 is 2.00 bits per heavy atom. The number of alkyl halides is 3. The van der Waals surface area contributed by atoms with E-state index in [0.717, 1.165) is 29.5 Å². The molecule has 1 amide bonds. The summed E-state index contributed by atoms with van der Waals surface area (Å²) in [4.78, 5) is 29.0. The zero-order chi connectivity index (χ0) is 17.7. The molecule has 0 fully saturated rings. The van der Waals surface area contributed by atoms with Crippen LogP contribution < -0.4 is 15.7 Å². The summed E-state index contributed by atoms with van der Waals surface area (Å²) >= 11 is 1.12. The molecule has 2 rings (SSSR count). The Bertz CT molecular complexity index is 775. The Kier molecular flexibility index (Phi) is 5.50. The van der Waals surface area contributed by atoms with Crippen molar-refractivity contribution in [1.29, 1.82) is 0 Å². The number of aryl methyl sites for hydroxylation is 1. The highest BCUT2D eigenvalue weighted by atomic mass is 32.2. The van der Waals surface area contributed by atoms with Crippen molar-refractivity contribution in [3.05, 3.63) is 46.5 Å². The van der Waals surface area contributed by atoms with Crippen LogP contribution in [-0.2, 0) is 4.79 Å². The van der Waals surface area contributed by atoms with Gasteiger partial charge in [-0.1, -0.05) is 11.8 Å². The summed E-state index contributed by atoms with van der Waals surface area (Å²) in [5.74, 6) is -0.733. The van der Waals surface area contributed by atoms with Crippen LogP contribution in [0, 0.1) is 6.92 Å². The second-order valence-electron chi connectivity index (χ2n) is 4.61. The van der Waals surface area contributed by atoms with Crippen molar-refractivity contribution >= 4 is 23.4 Å². The number of anilines is 1. The van der Waals surface area contributed by atoms with Gasteiger partial charge in [0.1, 0.15) is 5.75 Å². The van der Waals surface area contributed by atoms with Gasteiger partial charge in [0.05, 0.1) is 10.8 Å². The predicted molar refractivity (Wildman–Crippen MR) is 82.1 cm³/mol. The Balaban J connectivity index is 1.90. The molecule has 1 aromatic heterocycles. The van der Waals surface area contributed by atoms with Gasteiger partial charge in [-0.3, -0.25) is 4.79 Å². The highest BCUT2D eigenvalue weighted by molar-refractivity contribution is 8.00. The number of ether oxygens (including phenoxy) is 1. The van der Waals surface area contributed by atoms with E-state index >= 15 is 0 Å². The summed E-state index contributed by atoms with van der Waals surface area (Å²) < 4.78 is 39.9. The number of benzene rings is 1. The highest BCUT2D eigenvalue weighted by Gasteiger charge is 2.30. The number of aromatic amines is 1. The highest BCUT2D eigenvalue weighted by Crippen LogP contribution is 2.24. The van der Waals surface area contributed by atoms with Gasteiger partial charge < -0.3 is 15.0 Å². The fraction of sp³-hybridized carbons (Fsp3) is 0.214. The molecule has 24 heavy (non-hydrogen) atoms. The van der Waals surface area contributed by atoms with E-state index in [1.807, 2.05) is 0 Å². The van der Waals surface area contributed by atoms with E-state index < -0.39 is 12.1 Å². The number of thioether (sulfide) groups is 1. The first-order chi connectivity index (χ1) is 11.2. The van der Waals surface area contributed by atoms with Gasteiger partial charge in [-0.05, 0) is 36.8 Å². The molecule has 0 aliphatic rings. The normalized spacial score (nSPS) is 11.2. The lowest BCUT2D eigenvalue weighted by Gasteiger charge is -2.10. The number of carbonyl (C=O) groups is 1. The van der Waals surface area contributed by atoms with E-state index in [1.54, 1.807) is 6.92 Å². The Morgan fingerprint density at radius 1 is 1.33 bits per heavy atom. The van der Waals surface area contributed by atoms with Crippen LogP contribution >= 0.6 is 11.8 Å². The third kappa shape index (κ3) is 5.61. The van der Waals surface area contributed by atoms with Gasteiger partial charge in [0.2, 0.25) is 5.91 Å². The molecule has 0 atom stereocenters. The molecule has 0 radical (unpaired) electrons. The Hall–Kier alpha value is -2.49. The molecule has 0 saturated carbocycles. The zero-order valence-electron chi connectivity index (χ0n) is 12.3. The third-order valence-corrected chi connectivity index (χ3v) is 3.79. The summed E-state index contributed by atoms with van der Waals surface area (Å²) in [6.45, 7) is 1.74. The van der Waals surface area contributed by atoms with E-state index in [2.05, 4.69) is 20.0 Å². The molecule has 0 spiro atoms. The first kappa shape index (κ1) is 17.9. The molecule has 0 bridgehead atoms. The minimum absolute atomic E-state index is 0.0155. The van der Waals surface area contributed by atoms with Gasteiger partial charge in [-0.25, -0.2) is 9.78 Å². The maximum Gasteiger partial charge on any atom is 0.573 e. The van der Waals surface area contributed by atoms with Crippen LogP contribution in [0.15, 0.2) is 40.3 Å². The molecule has 2 aromatic rings. The molecule has 0 unspecified atom stereocenters. The van der Waals surface area contributed by atoms with Crippen LogP contribution in [0.5, 0.6) is 5.75 Å². The molecule has 1 heterocycles. The number of H-pyrrole nitrogens is 1. The molecule has 1 aromatic carbocycles. The topological polar surface area (TPSA) is 84.1 Å². The van der Waals surface area contributed by atoms with E-state index in [-0.39, 0.29) is 17.4 Å². The second-order valence-corrected chi connectivity index (χ2v) is 5.60. The number of hydrogen-bond acceptors (Lipinski definition) is 5. The molecule has 2 N–H and O–H groups in total. The zero-order valence-corrected chi connectivity index (χ0v) is 13.1. The molecule has 0 aliphatic heterocycles. The minimum atomic E-state index is -4.76. The smallest absolute Gasteiger partial charge is 0.406 e. The first-order valence-corrected chi connectivity index (χ1v) is 7.56. The molecule has 0 saturated heterocycles. The number of nitrogens with one attached hydrogen (secondary N) is 2. The number of halogens is 3. The average molecular weight is 359 g/mol. The van der Waals surface area contributed by atoms with Gasteiger partial charge in [0, 0.05) is 11.9 Å². The van der Waals surface area contributed by atoms with Crippen molar-refractivity contribution in [3.8, 4) is 5.75 Å². The number of rotatable bonds is 5. The Labute approximate surface area is 138 Å². The third-order valence-electron chi connectivity index (χ3n) is 2.67. The van der Waals surface area contributed by atoms with Gasteiger partial charge >= 0.3 is 12.1 Å². The van der Waals surface area contributed by atoms with E-state index in [4.69, 9.17) is 0 Å². The summed E-state index contributed by atoms with van der Waals surface area (Å²) in [7, 11) is 0. The number of hydrogen-bond donors (Lipinski definition) is 2. The fourth-order valence-corrected chi connectivity index (χ4v) is 2.45. The van der Waals surface area contributed by atoms with Gasteiger partial charge in [0.25, 0.3) is 0 Å². The van der Waals surface area contributed by atoms with Crippen LogP contribution in [0.2, 0.25) is 0 Å². The van der Waals surface area contributed by atoms with Gasteiger partial charge in [-0.15, -0.1) is 13.2 Å². The van der Waals surface area contributed by atoms with Crippen LogP contribution in [0.1, 0.15) is 5.56 Å². The second kappa shape index (κ2) is 7.39. The quantitative estimate of drug-likeness (QED) is 0.633. The molecule has 128 valence electrons. The SMILES string of the molecule is Cc1cnc(=O)[nH]c1SCC(=O)Nc1ccc(OC(F)(F)F)cc1. The number of aromatic nitrogens is 2. The Morgan fingerprint density at radius 3 is 2.62 bits per heavy atom. The monoisotopic (exact) mass is 359 g/mol. The van der Waals surface area contributed by atoms with Crippen molar-refractivity contribution in [2.75, 3.05) is 11.1 Å². The maximum absolute atomic E-state index is 12.1. The van der Waals surface area contributed by atoms with Crippen molar-refractivity contribution in [2.45, 2.75) is 18.3 Å². The van der Waals surface area contributed by atoms with Crippen molar-refractivity contribution < 1.29 is 22.7 Å². The summed E-state index contributed by atoms with van der Waals surface area (Å²) in [6, 6.07) is 4.79. The van der Waals surface area contributed by atoms with Crippen LogP contribution in [0.3, 0.4) is 0 Å². The number of carbonyl (C=O) groups excluding carboxylic acids is 1. The largest absolute Gasteiger partial charge is 0.573 e. The summed E-state index contributed by atoms with van der Waals surface area (Å²) in [5, 5.41) is 3.06. The predicted octanol–water partition coefficient (Wildman–Crippen LogP) is 2.71. The fourth-order valence-electron chi connectivity index (χ4n) is 1.67. The van der Waals surface area contributed by atoms with E-state index in [0.29, 0.717) is 10.7 Å². The van der Waals surface area contributed by atoms with Crippen molar-refractivity contribution in [3.63, 3.8) is 0 Å². The van der Waals surface area contributed by atoms with E-state index in [1.165, 1.54) is 18.3 Å². The van der Waals surface area contributed by atoms with Crippen LogP contribution in [0.25, 0.3) is 0 Å². The summed E-state index contributed by atoms with van der Waals surface area (Å²) in [5.41, 5.74) is 0.542. The van der Waals surface area contributed by atoms with Crippen molar-refractivity contribution in [1.82, 2.24) is 9.97 Å². The molecular formula is C14H12F3N3O3S. The van der Waals surface area contributed by atoms with E-state index in [9.17, 15) is 22.8 Å². The van der Waals surface area contributed by atoms with Gasteiger partial charge in [-0.2, -0.15) is 0 Å². The molecular weight excluding hydrogens is 347 g/mol. The first-order valence-electron chi connectivity index (χ1n) is 6.57. The lowest BCUT2D eigenvalue weighted by Crippen LogP contribution is -2.17. The molecule has 0 aliphatic carbocycles. The standard InChI is InChI=1S/C14H12F3N3O3S/c1-8-6-18-13(22)20-12(8)24-7-11(21)19-9-2-4-10(5-3-9)23-14(15,16)17/h2-6H,7H2,1H3,(H,19,21)(H,18,20,22). The average Bonchev–Trinajstić information content (AvgIpc) is 2.49. The number of nitrogens with zero attached hydrogens (tertiary/aromatic N) is 1. The molecule has 6 nitrogen and oxygen atoms in total. The van der Waals surface area contributed by atoms with Crippen molar-refractivity contribution in [2.24, 2.45) is 0 Å². The lowest BCUT2D eigenvalue weighted by molar-refractivity contribution is -0.274. The number of amides is 1. The summed E-state index contributed by atoms with van der Waals surface area (Å²) in [6.07, 6.45) is -3.36.